The molecule has 0 aliphatic carbocycles. The Kier molecular flexibility index (Phi) is 7.44. The lowest BCUT2D eigenvalue weighted by molar-refractivity contribution is -0.394. The number of amides is 1. The zero-order valence-electron chi connectivity index (χ0n) is 18.3. The van der Waals surface area contributed by atoms with Gasteiger partial charge in [0.2, 0.25) is 0 Å². The molecule has 2 aromatic rings. The van der Waals surface area contributed by atoms with Crippen molar-refractivity contribution in [2.45, 2.75) is 0 Å². The highest BCUT2D eigenvalue weighted by molar-refractivity contribution is 7.69. The van der Waals surface area contributed by atoms with Gasteiger partial charge in [0.25, 0.3) is 17.3 Å². The van der Waals surface area contributed by atoms with Crippen LogP contribution in [-0.2, 0) is 9.47 Å². The lowest BCUT2D eigenvalue weighted by Gasteiger charge is -2.46. The molecule has 2 aliphatic heterocycles. The average molecular weight is 489 g/mol. The first-order chi connectivity index (χ1) is 16.4. The first-order valence-corrected chi connectivity index (χ1v) is 12.4. The van der Waals surface area contributed by atoms with Crippen molar-refractivity contribution in [2.24, 2.45) is 4.74 Å². The maximum absolute atomic E-state index is 13.6. The highest BCUT2D eigenvalue weighted by Crippen LogP contribution is 2.56. The molecule has 0 bridgehead atoms. The van der Waals surface area contributed by atoms with E-state index in [9.17, 15) is 25.0 Å². The summed E-state index contributed by atoms with van der Waals surface area (Å²) < 4.78 is 20.2. The average Bonchev–Trinajstić information content (AvgIpc) is 2.88. The molecule has 0 radical (unpaired) electrons. The zero-order chi connectivity index (χ0) is 24.1. The topological polar surface area (TPSA) is 141 Å². The van der Waals surface area contributed by atoms with E-state index in [4.69, 9.17) is 14.2 Å². The van der Waals surface area contributed by atoms with Gasteiger partial charge in [-0.2, -0.15) is 4.74 Å². The largest absolute Gasteiger partial charge is 0.379 e. The van der Waals surface area contributed by atoms with Crippen LogP contribution in [0.1, 0.15) is 10.4 Å². The van der Waals surface area contributed by atoms with Crippen molar-refractivity contribution in [2.75, 3.05) is 52.6 Å². The molecule has 0 N–H and O–H groups in total. The van der Waals surface area contributed by atoms with E-state index >= 15 is 0 Å². The maximum atomic E-state index is 13.6. The first-order valence-electron chi connectivity index (χ1n) is 10.7. The normalized spacial score (nSPS) is 17.8. The molecule has 13 heteroatoms. The number of nitro groups is 2. The minimum atomic E-state index is -2.86. The predicted molar refractivity (Wildman–Crippen MR) is 124 cm³/mol. The molecule has 2 fully saturated rings. The number of rotatable bonds is 6. The van der Waals surface area contributed by atoms with E-state index in [0.717, 1.165) is 23.5 Å². The standard InChI is InChI=1S/C21H24N5O7P/c27-21(17-14-18(25(28)29)16-19(15-17)26(30)31)22-34(20-4-2-1-3-5-20,23-6-10-32-11-7-23)24-8-12-33-13-9-24/h1-5,14-16H,6-13H2. The number of carbonyl (C=O) groups is 1. The van der Waals surface area contributed by atoms with Gasteiger partial charge in [0, 0.05) is 43.6 Å². The van der Waals surface area contributed by atoms with Crippen LogP contribution >= 0.6 is 7.36 Å². The van der Waals surface area contributed by atoms with Gasteiger partial charge in [-0.05, 0) is 0 Å². The Morgan fingerprint density at radius 3 is 1.74 bits per heavy atom. The van der Waals surface area contributed by atoms with Gasteiger partial charge in [0.05, 0.1) is 47.9 Å². The molecule has 2 aliphatic rings. The molecular formula is C21H24N5O7P. The van der Waals surface area contributed by atoms with Gasteiger partial charge in [-0.1, -0.05) is 30.3 Å². The monoisotopic (exact) mass is 489 g/mol. The number of non-ortho nitro benzene ring substituents is 2. The molecule has 2 heterocycles. The van der Waals surface area contributed by atoms with E-state index < -0.39 is 34.5 Å². The minimum Gasteiger partial charge on any atom is -0.379 e. The quantitative estimate of drug-likeness (QED) is 0.340. The van der Waals surface area contributed by atoms with E-state index in [0.29, 0.717) is 52.6 Å². The van der Waals surface area contributed by atoms with Crippen LogP contribution in [0, 0.1) is 20.2 Å². The van der Waals surface area contributed by atoms with Crippen LogP contribution in [0.15, 0.2) is 53.3 Å². The van der Waals surface area contributed by atoms with Crippen molar-refractivity contribution >= 4 is 29.9 Å². The van der Waals surface area contributed by atoms with Gasteiger partial charge >= 0.3 is 0 Å². The highest BCUT2D eigenvalue weighted by Gasteiger charge is 2.39. The fourth-order valence-electron chi connectivity index (χ4n) is 4.10. The number of hydrogen-bond donors (Lipinski definition) is 0. The Balaban J connectivity index is 1.92. The van der Waals surface area contributed by atoms with Crippen LogP contribution in [0.3, 0.4) is 0 Å². The minimum absolute atomic E-state index is 0.192. The summed E-state index contributed by atoms with van der Waals surface area (Å²) >= 11 is 0. The predicted octanol–water partition coefficient (Wildman–Crippen LogP) is 2.66. The van der Waals surface area contributed by atoms with Gasteiger partial charge in [-0.25, -0.2) is 9.34 Å². The third-order valence-electron chi connectivity index (χ3n) is 5.67. The Labute approximate surface area is 195 Å². The Hall–Kier alpha value is -3.02. The summed E-state index contributed by atoms with van der Waals surface area (Å²) in [4.78, 5) is 34.8. The second kappa shape index (κ2) is 10.5. The van der Waals surface area contributed by atoms with Crippen molar-refractivity contribution in [3.8, 4) is 0 Å². The van der Waals surface area contributed by atoms with Gasteiger partial charge in [-0.15, -0.1) is 0 Å². The molecule has 0 spiro atoms. The molecule has 2 saturated heterocycles. The lowest BCUT2D eigenvalue weighted by Crippen LogP contribution is -2.46. The fourth-order valence-corrected chi connectivity index (χ4v) is 7.86. The molecule has 0 unspecified atom stereocenters. The number of ether oxygens (including phenoxy) is 2. The summed E-state index contributed by atoms with van der Waals surface area (Å²) in [7, 11) is -2.86. The molecule has 0 atom stereocenters. The second-order valence-electron chi connectivity index (χ2n) is 7.69. The van der Waals surface area contributed by atoms with Gasteiger partial charge in [0.1, 0.15) is 7.36 Å². The van der Waals surface area contributed by atoms with Crippen LogP contribution < -0.4 is 5.30 Å². The van der Waals surface area contributed by atoms with Crippen LogP contribution in [-0.4, -0.2) is 77.7 Å². The summed E-state index contributed by atoms with van der Waals surface area (Å²) in [5, 5.41) is 23.6. The summed E-state index contributed by atoms with van der Waals surface area (Å²) in [6.45, 7) is 4.10. The Bertz CT molecular complexity index is 1080. The summed E-state index contributed by atoms with van der Waals surface area (Å²) in [6.07, 6.45) is 0. The maximum Gasteiger partial charge on any atom is 0.278 e. The fraction of sp³-hybridized carbons (Fsp3) is 0.381. The van der Waals surface area contributed by atoms with Crippen LogP contribution in [0.5, 0.6) is 0 Å². The molecule has 34 heavy (non-hydrogen) atoms. The van der Waals surface area contributed by atoms with E-state index in [1.165, 1.54) is 0 Å². The summed E-state index contributed by atoms with van der Waals surface area (Å²) in [5.41, 5.74) is -1.26. The van der Waals surface area contributed by atoms with Crippen LogP contribution in [0.25, 0.3) is 0 Å². The van der Waals surface area contributed by atoms with Gasteiger partial charge in [-0.3, -0.25) is 25.0 Å². The van der Waals surface area contributed by atoms with Crippen molar-refractivity contribution in [1.82, 2.24) is 9.34 Å². The van der Waals surface area contributed by atoms with Crippen molar-refractivity contribution < 1.29 is 24.1 Å². The zero-order valence-corrected chi connectivity index (χ0v) is 19.2. The molecule has 12 nitrogen and oxygen atoms in total. The molecule has 180 valence electrons. The van der Waals surface area contributed by atoms with E-state index in [1.54, 1.807) is 0 Å². The molecule has 1 amide bonds. The number of carbonyl (C=O) groups excluding carboxylic acids is 1. The highest BCUT2D eigenvalue weighted by atomic mass is 31.2. The summed E-state index contributed by atoms with van der Waals surface area (Å²) in [6, 6.07) is 12.4. The van der Waals surface area contributed by atoms with Crippen LogP contribution in [0.4, 0.5) is 11.4 Å². The van der Waals surface area contributed by atoms with E-state index in [2.05, 4.69) is 9.34 Å². The molecule has 0 saturated carbocycles. The lowest BCUT2D eigenvalue weighted by atomic mass is 10.1. The van der Waals surface area contributed by atoms with Crippen molar-refractivity contribution in [1.29, 1.82) is 0 Å². The number of benzene rings is 2. The smallest absolute Gasteiger partial charge is 0.278 e. The van der Waals surface area contributed by atoms with E-state index in [1.807, 2.05) is 30.3 Å². The molecule has 2 aromatic carbocycles. The molecular weight excluding hydrogens is 465 g/mol. The van der Waals surface area contributed by atoms with Crippen LogP contribution in [0.2, 0.25) is 0 Å². The third-order valence-corrected chi connectivity index (χ3v) is 9.50. The Morgan fingerprint density at radius 2 is 1.29 bits per heavy atom. The Morgan fingerprint density at radius 1 is 0.824 bits per heavy atom. The third kappa shape index (κ3) is 4.91. The van der Waals surface area contributed by atoms with E-state index in [-0.39, 0.29) is 5.56 Å². The first kappa shape index (κ1) is 24.1. The van der Waals surface area contributed by atoms with Gasteiger partial charge < -0.3 is 9.47 Å². The van der Waals surface area contributed by atoms with Crippen molar-refractivity contribution in [3.05, 3.63) is 74.3 Å². The number of morpholine rings is 2. The van der Waals surface area contributed by atoms with Gasteiger partial charge in [0.15, 0.2) is 0 Å². The SMILES string of the molecule is O=C(N=P(c1ccccc1)(N1CCOCC1)N1CCOCC1)c1cc([N+](=O)[O-])cc([N+](=O)[O-])c1. The number of nitrogens with zero attached hydrogens (tertiary/aromatic N) is 5. The second-order valence-corrected chi connectivity index (χ2v) is 10.7. The molecule has 4 rings (SSSR count). The number of nitro benzene ring substituents is 2. The number of hydrogen-bond acceptors (Lipinski definition) is 7. The summed E-state index contributed by atoms with van der Waals surface area (Å²) in [5.74, 6) is -0.734. The van der Waals surface area contributed by atoms with Crippen molar-refractivity contribution in [3.63, 3.8) is 0 Å². The molecule has 0 aromatic heterocycles.